The summed E-state index contributed by atoms with van der Waals surface area (Å²) in [4.78, 5) is 11.8. The Labute approximate surface area is 150 Å². The summed E-state index contributed by atoms with van der Waals surface area (Å²) in [6, 6.07) is 0. The number of carbonyl (C=O) groups excluding carboxylic acids is 1. The molecular formula is C23H38O. The van der Waals surface area contributed by atoms with Crippen molar-refractivity contribution in [2.75, 3.05) is 0 Å². The molecule has 0 aromatic carbocycles. The van der Waals surface area contributed by atoms with E-state index >= 15 is 0 Å². The quantitative estimate of drug-likeness (QED) is 0.443. The molecule has 0 saturated heterocycles. The molecule has 0 aromatic rings. The van der Waals surface area contributed by atoms with Crippen LogP contribution in [-0.4, -0.2) is 5.78 Å². The molecule has 0 heterocycles. The van der Waals surface area contributed by atoms with Crippen LogP contribution in [0, 0.1) is 22.7 Å². The molecule has 1 saturated carbocycles. The first-order chi connectivity index (χ1) is 11.4. The second kappa shape index (κ2) is 8.02. The van der Waals surface area contributed by atoms with Crippen LogP contribution in [0.5, 0.6) is 0 Å². The predicted octanol–water partition coefficient (Wildman–Crippen LogP) is 6.88. The summed E-state index contributed by atoms with van der Waals surface area (Å²) in [6.45, 7) is 13.7. The molecule has 0 bridgehead atoms. The molecule has 0 N–H and O–H groups in total. The van der Waals surface area contributed by atoms with Gasteiger partial charge in [0.2, 0.25) is 0 Å². The summed E-state index contributed by atoms with van der Waals surface area (Å²) in [7, 11) is 0. The maximum Gasteiger partial charge on any atom is 0.155 e. The van der Waals surface area contributed by atoms with Crippen LogP contribution >= 0.6 is 0 Å². The summed E-state index contributed by atoms with van der Waals surface area (Å²) < 4.78 is 0. The van der Waals surface area contributed by atoms with Crippen LogP contribution in [0.1, 0.15) is 91.9 Å². The third-order valence-electron chi connectivity index (χ3n) is 7.55. The molecule has 2 aliphatic carbocycles. The molecule has 2 aliphatic rings. The van der Waals surface area contributed by atoms with Crippen molar-refractivity contribution in [3.05, 3.63) is 24.3 Å². The van der Waals surface area contributed by atoms with Crippen molar-refractivity contribution in [2.24, 2.45) is 22.7 Å². The maximum absolute atomic E-state index is 11.8. The van der Waals surface area contributed by atoms with Crippen molar-refractivity contribution in [2.45, 2.75) is 91.9 Å². The Balaban J connectivity index is 1.98. The normalized spacial score (nSPS) is 32.7. The number of hydrogen-bond donors (Lipinski definition) is 0. The largest absolute Gasteiger partial charge is 0.295 e. The maximum atomic E-state index is 11.8. The molecule has 2 rings (SSSR count). The Hall–Kier alpha value is -0.850. The average Bonchev–Trinajstić information content (AvgIpc) is 2.78. The summed E-state index contributed by atoms with van der Waals surface area (Å²) in [5, 5.41) is 0. The van der Waals surface area contributed by atoms with Gasteiger partial charge in [-0.05, 0) is 80.1 Å². The van der Waals surface area contributed by atoms with E-state index in [0.717, 1.165) is 31.6 Å². The van der Waals surface area contributed by atoms with Crippen LogP contribution in [0.15, 0.2) is 24.3 Å². The van der Waals surface area contributed by atoms with E-state index in [1.807, 2.05) is 12.2 Å². The van der Waals surface area contributed by atoms with Crippen molar-refractivity contribution >= 4 is 5.78 Å². The highest BCUT2D eigenvalue weighted by Gasteiger charge is 2.51. The Kier molecular flexibility index (Phi) is 6.51. The fourth-order valence-corrected chi connectivity index (χ4v) is 5.80. The molecule has 1 heteroatoms. The van der Waals surface area contributed by atoms with E-state index in [1.54, 1.807) is 0 Å². The number of hydrogen-bond acceptors (Lipinski definition) is 1. The lowest BCUT2D eigenvalue weighted by Gasteiger charge is -2.45. The first kappa shape index (κ1) is 19.5. The minimum atomic E-state index is 0.334. The molecule has 0 radical (unpaired) electrons. The van der Waals surface area contributed by atoms with Crippen molar-refractivity contribution in [1.82, 2.24) is 0 Å². The van der Waals surface area contributed by atoms with Crippen molar-refractivity contribution < 1.29 is 4.79 Å². The van der Waals surface area contributed by atoms with Crippen LogP contribution in [0.2, 0.25) is 0 Å². The molecule has 136 valence electrons. The predicted molar refractivity (Wildman–Crippen MR) is 104 cm³/mol. The summed E-state index contributed by atoms with van der Waals surface area (Å²) >= 11 is 0. The minimum Gasteiger partial charge on any atom is -0.295 e. The van der Waals surface area contributed by atoms with Crippen LogP contribution in [-0.2, 0) is 4.79 Å². The first-order valence-electron chi connectivity index (χ1n) is 10.2. The third kappa shape index (κ3) is 3.86. The van der Waals surface area contributed by atoms with Crippen molar-refractivity contribution in [3.8, 4) is 0 Å². The van der Waals surface area contributed by atoms with Gasteiger partial charge in [0.05, 0.1) is 0 Å². The molecule has 0 spiro atoms. The molecular weight excluding hydrogens is 292 g/mol. The fraction of sp³-hybridized carbons (Fsp3) is 0.783. The van der Waals surface area contributed by atoms with Gasteiger partial charge < -0.3 is 0 Å². The standard InChI is InChI=1S/C23H38O/c1-6-8-10-20-17-21(24)13-12-19(20)11-9-15-23(7-2)18(3)14-16-22(23,4)5/h6,17-19H,1,7-16H2,2-5H3. The molecule has 24 heavy (non-hydrogen) atoms. The summed E-state index contributed by atoms with van der Waals surface area (Å²) in [5.41, 5.74) is 2.39. The molecule has 0 aliphatic heterocycles. The molecule has 0 aromatic heterocycles. The van der Waals surface area contributed by atoms with Crippen molar-refractivity contribution in [1.29, 1.82) is 0 Å². The first-order valence-corrected chi connectivity index (χ1v) is 10.2. The van der Waals surface area contributed by atoms with Crippen LogP contribution in [0.25, 0.3) is 0 Å². The van der Waals surface area contributed by atoms with Gasteiger partial charge in [-0.25, -0.2) is 0 Å². The zero-order valence-corrected chi connectivity index (χ0v) is 16.5. The Bertz CT molecular complexity index is 484. The van der Waals surface area contributed by atoms with Crippen LogP contribution in [0.4, 0.5) is 0 Å². The van der Waals surface area contributed by atoms with E-state index in [1.165, 1.54) is 44.1 Å². The van der Waals surface area contributed by atoms with E-state index in [-0.39, 0.29) is 0 Å². The number of rotatable bonds is 8. The van der Waals surface area contributed by atoms with Gasteiger partial charge >= 0.3 is 0 Å². The minimum absolute atomic E-state index is 0.334. The van der Waals surface area contributed by atoms with Gasteiger partial charge in [0.15, 0.2) is 5.78 Å². The van der Waals surface area contributed by atoms with Crippen LogP contribution < -0.4 is 0 Å². The Morgan fingerprint density at radius 3 is 2.67 bits per heavy atom. The summed E-state index contributed by atoms with van der Waals surface area (Å²) in [6.07, 6.45) is 15.8. The van der Waals surface area contributed by atoms with Gasteiger partial charge in [-0.3, -0.25) is 4.79 Å². The number of carbonyl (C=O) groups is 1. The number of allylic oxidation sites excluding steroid dienone is 3. The SMILES string of the molecule is C=CCCC1=CC(=O)CCC1CCCC1(CC)C(C)CCC1(C)C. The van der Waals surface area contributed by atoms with E-state index < -0.39 is 0 Å². The molecule has 1 nitrogen and oxygen atoms in total. The highest BCUT2D eigenvalue weighted by Crippen LogP contribution is 2.60. The fourth-order valence-electron chi connectivity index (χ4n) is 5.80. The van der Waals surface area contributed by atoms with Gasteiger partial charge in [-0.15, -0.1) is 6.58 Å². The zero-order valence-electron chi connectivity index (χ0n) is 16.5. The average molecular weight is 331 g/mol. The van der Waals surface area contributed by atoms with E-state index in [0.29, 0.717) is 22.5 Å². The Morgan fingerprint density at radius 2 is 2.08 bits per heavy atom. The Morgan fingerprint density at radius 1 is 1.33 bits per heavy atom. The van der Waals surface area contributed by atoms with E-state index in [4.69, 9.17) is 0 Å². The monoisotopic (exact) mass is 330 g/mol. The third-order valence-corrected chi connectivity index (χ3v) is 7.55. The lowest BCUT2D eigenvalue weighted by molar-refractivity contribution is -0.115. The smallest absolute Gasteiger partial charge is 0.155 e. The lowest BCUT2D eigenvalue weighted by Crippen LogP contribution is -2.36. The van der Waals surface area contributed by atoms with Crippen molar-refractivity contribution in [3.63, 3.8) is 0 Å². The molecule has 1 fully saturated rings. The van der Waals surface area contributed by atoms with Gasteiger partial charge in [-0.2, -0.15) is 0 Å². The number of ketones is 1. The van der Waals surface area contributed by atoms with Gasteiger partial charge in [0.25, 0.3) is 0 Å². The van der Waals surface area contributed by atoms with Gasteiger partial charge in [0.1, 0.15) is 0 Å². The topological polar surface area (TPSA) is 17.1 Å². The van der Waals surface area contributed by atoms with E-state index in [2.05, 4.69) is 34.3 Å². The van der Waals surface area contributed by atoms with Gasteiger partial charge in [0, 0.05) is 6.42 Å². The lowest BCUT2D eigenvalue weighted by atomic mass is 9.60. The highest BCUT2D eigenvalue weighted by molar-refractivity contribution is 5.91. The van der Waals surface area contributed by atoms with Crippen LogP contribution in [0.3, 0.4) is 0 Å². The summed E-state index contributed by atoms with van der Waals surface area (Å²) in [5.74, 6) is 1.82. The zero-order chi connectivity index (χ0) is 17.8. The molecule has 3 unspecified atom stereocenters. The highest BCUT2D eigenvalue weighted by atomic mass is 16.1. The van der Waals surface area contributed by atoms with Gasteiger partial charge in [-0.1, -0.05) is 45.8 Å². The second-order valence-electron chi connectivity index (χ2n) is 8.97. The van der Waals surface area contributed by atoms with E-state index in [9.17, 15) is 4.79 Å². The molecule has 3 atom stereocenters. The molecule has 0 amide bonds. The second-order valence-corrected chi connectivity index (χ2v) is 8.97.